The fourth-order valence-electron chi connectivity index (χ4n) is 2.20. The van der Waals surface area contributed by atoms with Crippen LogP contribution in [0.15, 0.2) is 42.5 Å². The summed E-state index contributed by atoms with van der Waals surface area (Å²) in [6, 6.07) is 11.3. The molecule has 2 rings (SSSR count). The largest absolute Gasteiger partial charge is 0.495 e. The molecule has 1 atom stereocenters. The van der Waals surface area contributed by atoms with E-state index in [-0.39, 0.29) is 5.91 Å². The van der Waals surface area contributed by atoms with Gasteiger partial charge in [-0.1, -0.05) is 11.6 Å². The smallest absolute Gasteiger partial charge is 0.265 e. The number of carbonyl (C=O) groups excluding carboxylic acids is 1. The van der Waals surface area contributed by atoms with E-state index in [1.807, 2.05) is 0 Å². The van der Waals surface area contributed by atoms with Crippen molar-refractivity contribution in [3.8, 4) is 11.5 Å². The molecule has 0 saturated heterocycles. The van der Waals surface area contributed by atoms with Gasteiger partial charge in [-0.05, 0) is 49.4 Å². The van der Waals surface area contributed by atoms with E-state index in [0.717, 1.165) is 10.6 Å². The van der Waals surface area contributed by atoms with Crippen molar-refractivity contribution in [3.05, 3.63) is 47.5 Å². The van der Waals surface area contributed by atoms with E-state index in [0.29, 0.717) is 27.9 Å². The first-order valence-corrected chi connectivity index (χ1v) is 10.2. The summed E-state index contributed by atoms with van der Waals surface area (Å²) in [4.78, 5) is 12.4. The van der Waals surface area contributed by atoms with Crippen molar-refractivity contribution in [2.45, 2.75) is 13.0 Å². The zero-order valence-corrected chi connectivity index (χ0v) is 17.0. The van der Waals surface area contributed by atoms with Gasteiger partial charge in [0, 0.05) is 12.1 Å². The molecule has 0 radical (unpaired) electrons. The van der Waals surface area contributed by atoms with Crippen molar-refractivity contribution >= 4 is 38.9 Å². The summed E-state index contributed by atoms with van der Waals surface area (Å²) in [6.07, 6.45) is 0.320. The molecule has 0 aromatic heterocycles. The van der Waals surface area contributed by atoms with Crippen LogP contribution in [0.1, 0.15) is 6.92 Å². The first-order valence-electron chi connectivity index (χ1n) is 7.97. The zero-order valence-electron chi connectivity index (χ0n) is 15.4. The predicted molar refractivity (Wildman–Crippen MR) is 106 cm³/mol. The maximum atomic E-state index is 12.4. The number of methoxy groups -OCH3 is 1. The number of benzene rings is 2. The third-order valence-electron chi connectivity index (χ3n) is 3.80. The van der Waals surface area contributed by atoms with Gasteiger partial charge >= 0.3 is 0 Å². The molecule has 0 aliphatic rings. The molecule has 0 aliphatic heterocycles. The first-order chi connectivity index (χ1) is 12.6. The second-order valence-corrected chi connectivity index (χ2v) is 8.27. The number of halogens is 1. The van der Waals surface area contributed by atoms with E-state index < -0.39 is 16.1 Å². The second kappa shape index (κ2) is 8.49. The molecule has 0 spiro atoms. The summed E-state index contributed by atoms with van der Waals surface area (Å²) in [5.74, 6) is 0.530. The molecule has 0 fully saturated rings. The van der Waals surface area contributed by atoms with Crippen LogP contribution in [0.4, 0.5) is 11.4 Å². The van der Waals surface area contributed by atoms with Gasteiger partial charge in [-0.2, -0.15) is 0 Å². The van der Waals surface area contributed by atoms with Crippen molar-refractivity contribution in [2.24, 2.45) is 0 Å². The quantitative estimate of drug-likeness (QED) is 0.755. The molecule has 27 heavy (non-hydrogen) atoms. The number of amides is 1. The highest BCUT2D eigenvalue weighted by Crippen LogP contribution is 2.28. The molecular formula is C18H21ClN2O5S. The van der Waals surface area contributed by atoms with Crippen LogP contribution in [0.5, 0.6) is 11.5 Å². The molecule has 7 nitrogen and oxygen atoms in total. The molecule has 1 N–H and O–H groups in total. The maximum Gasteiger partial charge on any atom is 0.265 e. The van der Waals surface area contributed by atoms with Gasteiger partial charge in [0.05, 0.1) is 24.7 Å². The number of nitrogens with one attached hydrogen (secondary N) is 1. The molecule has 146 valence electrons. The Hall–Kier alpha value is -2.45. The zero-order chi connectivity index (χ0) is 20.2. The molecule has 2 aromatic rings. The van der Waals surface area contributed by atoms with Gasteiger partial charge in [0.2, 0.25) is 10.0 Å². The summed E-state index contributed by atoms with van der Waals surface area (Å²) in [5.41, 5.74) is 0.932. The Kier molecular flexibility index (Phi) is 6.56. The SMILES string of the molecule is COc1ccc(Cl)cc1NC(=O)[C@@H](C)Oc1ccc(N(C)S(C)(=O)=O)cc1. The molecule has 0 bridgehead atoms. The van der Waals surface area contributed by atoms with E-state index in [4.69, 9.17) is 21.1 Å². The third kappa shape index (κ3) is 5.51. The maximum absolute atomic E-state index is 12.4. The molecule has 9 heteroatoms. The van der Waals surface area contributed by atoms with Crippen LogP contribution >= 0.6 is 11.6 Å². The molecule has 0 heterocycles. The number of rotatable bonds is 7. The normalized spacial score (nSPS) is 12.2. The van der Waals surface area contributed by atoms with Crippen molar-refractivity contribution in [1.29, 1.82) is 0 Å². The summed E-state index contributed by atoms with van der Waals surface area (Å²) in [5, 5.41) is 3.17. The number of hydrogen-bond donors (Lipinski definition) is 1. The number of ether oxygens (including phenoxy) is 2. The lowest BCUT2D eigenvalue weighted by Gasteiger charge is -2.18. The van der Waals surface area contributed by atoms with Crippen molar-refractivity contribution < 1.29 is 22.7 Å². The van der Waals surface area contributed by atoms with Gasteiger partial charge in [-0.15, -0.1) is 0 Å². The van der Waals surface area contributed by atoms with Crippen LogP contribution in [0.3, 0.4) is 0 Å². The number of nitrogens with zero attached hydrogens (tertiary/aromatic N) is 1. The molecule has 1 amide bonds. The van der Waals surface area contributed by atoms with Crippen LogP contribution in [0.2, 0.25) is 5.02 Å². The Morgan fingerprint density at radius 1 is 1.19 bits per heavy atom. The molecule has 0 aliphatic carbocycles. The minimum Gasteiger partial charge on any atom is -0.495 e. The van der Waals surface area contributed by atoms with Gasteiger partial charge in [0.1, 0.15) is 11.5 Å². The van der Waals surface area contributed by atoms with Gasteiger partial charge < -0.3 is 14.8 Å². The molecule has 0 unspecified atom stereocenters. The van der Waals surface area contributed by atoms with E-state index in [2.05, 4.69) is 5.32 Å². The summed E-state index contributed by atoms with van der Waals surface area (Å²) >= 11 is 5.95. The van der Waals surface area contributed by atoms with E-state index >= 15 is 0 Å². The van der Waals surface area contributed by atoms with Gasteiger partial charge in [0.25, 0.3) is 5.91 Å². The Bertz CT molecular complexity index is 916. The summed E-state index contributed by atoms with van der Waals surface area (Å²) in [7, 11) is -0.392. The molecular weight excluding hydrogens is 392 g/mol. The van der Waals surface area contributed by atoms with Crippen LogP contribution in [0, 0.1) is 0 Å². The minimum absolute atomic E-state index is 0.382. The molecule has 2 aromatic carbocycles. The van der Waals surface area contributed by atoms with Crippen LogP contribution in [0.25, 0.3) is 0 Å². The second-order valence-electron chi connectivity index (χ2n) is 5.82. The topological polar surface area (TPSA) is 84.9 Å². The van der Waals surface area contributed by atoms with Crippen LogP contribution < -0.4 is 19.1 Å². The van der Waals surface area contributed by atoms with Crippen LogP contribution in [-0.4, -0.2) is 40.8 Å². The first kappa shape index (κ1) is 20.9. The highest BCUT2D eigenvalue weighted by Gasteiger charge is 2.18. The van der Waals surface area contributed by atoms with Crippen molar-refractivity contribution in [3.63, 3.8) is 0 Å². The van der Waals surface area contributed by atoms with E-state index in [1.54, 1.807) is 49.4 Å². The number of anilines is 2. The lowest BCUT2D eigenvalue weighted by Crippen LogP contribution is -2.30. The number of sulfonamides is 1. The Morgan fingerprint density at radius 3 is 2.37 bits per heavy atom. The summed E-state index contributed by atoms with van der Waals surface area (Å²) < 4.78 is 35.1. The minimum atomic E-state index is -3.34. The Morgan fingerprint density at radius 2 is 1.81 bits per heavy atom. The highest BCUT2D eigenvalue weighted by molar-refractivity contribution is 7.92. The highest BCUT2D eigenvalue weighted by atomic mass is 35.5. The Balaban J connectivity index is 2.05. The number of carbonyl (C=O) groups is 1. The predicted octanol–water partition coefficient (Wildman–Crippen LogP) is 3.15. The van der Waals surface area contributed by atoms with Crippen molar-refractivity contribution in [1.82, 2.24) is 0 Å². The van der Waals surface area contributed by atoms with Gasteiger partial charge in [-0.3, -0.25) is 9.10 Å². The van der Waals surface area contributed by atoms with Crippen molar-refractivity contribution in [2.75, 3.05) is 30.0 Å². The lowest BCUT2D eigenvalue weighted by atomic mass is 10.2. The van der Waals surface area contributed by atoms with E-state index in [1.165, 1.54) is 14.2 Å². The fourth-order valence-corrected chi connectivity index (χ4v) is 2.87. The van der Waals surface area contributed by atoms with Gasteiger partial charge in [-0.25, -0.2) is 8.42 Å². The summed E-state index contributed by atoms with van der Waals surface area (Å²) in [6.45, 7) is 1.60. The third-order valence-corrected chi connectivity index (χ3v) is 5.24. The standard InChI is InChI=1S/C18H21ClN2O5S/c1-12(18(22)20-16-11-13(19)5-10-17(16)25-3)26-15-8-6-14(7-9-15)21(2)27(4,23)24/h5-12H,1-4H3,(H,20,22)/t12-/m1/s1. The molecule has 0 saturated carbocycles. The van der Waals surface area contributed by atoms with Gasteiger partial charge in [0.15, 0.2) is 6.10 Å². The van der Waals surface area contributed by atoms with E-state index in [9.17, 15) is 13.2 Å². The number of hydrogen-bond acceptors (Lipinski definition) is 5. The monoisotopic (exact) mass is 412 g/mol. The van der Waals surface area contributed by atoms with Crippen LogP contribution in [-0.2, 0) is 14.8 Å². The average Bonchev–Trinajstić information content (AvgIpc) is 2.61. The average molecular weight is 413 g/mol. The lowest BCUT2D eigenvalue weighted by molar-refractivity contribution is -0.122. The fraction of sp³-hybridized carbons (Fsp3) is 0.278. The Labute approximate surface area is 163 Å².